The van der Waals surface area contributed by atoms with Crippen molar-refractivity contribution in [1.29, 1.82) is 0 Å². The Hall–Kier alpha value is -1.05. The topological polar surface area (TPSA) is 72.4 Å². The number of nitrogens with two attached hydrogens (primary N) is 1. The Kier molecular flexibility index (Phi) is 4.03. The van der Waals surface area contributed by atoms with Gasteiger partial charge in [-0.1, -0.05) is 11.8 Å². The van der Waals surface area contributed by atoms with E-state index >= 15 is 0 Å². The molecule has 0 spiro atoms. The van der Waals surface area contributed by atoms with Gasteiger partial charge in [0.1, 0.15) is 5.03 Å². The van der Waals surface area contributed by atoms with E-state index in [0.717, 1.165) is 15.7 Å². The second-order valence-electron chi connectivity index (χ2n) is 3.37. The first kappa shape index (κ1) is 12.4. The number of hydrogen-bond donors (Lipinski definition) is 2. The number of nitrogens with one attached hydrogen (secondary N) is 1. The number of fused-ring (bicyclic) bond motifs is 1. The fourth-order valence-electron chi connectivity index (χ4n) is 1.50. The van der Waals surface area contributed by atoms with Gasteiger partial charge in [0.15, 0.2) is 4.96 Å². The van der Waals surface area contributed by atoms with E-state index in [1.54, 1.807) is 11.3 Å². The van der Waals surface area contributed by atoms with Gasteiger partial charge in [0.05, 0.1) is 11.4 Å². The predicted octanol–water partition coefficient (Wildman–Crippen LogP) is 1.08. The monoisotopic (exact) mass is 270 g/mol. The van der Waals surface area contributed by atoms with Gasteiger partial charge >= 0.3 is 0 Å². The Morgan fingerprint density at radius 2 is 2.53 bits per heavy atom. The molecule has 0 aliphatic heterocycles. The molecule has 0 unspecified atom stereocenters. The van der Waals surface area contributed by atoms with Crippen molar-refractivity contribution >= 4 is 34.0 Å². The smallest absolute Gasteiger partial charge is 0.230 e. The summed E-state index contributed by atoms with van der Waals surface area (Å²) in [6, 6.07) is 0. The first-order valence-corrected chi connectivity index (χ1v) is 7.16. The highest BCUT2D eigenvalue weighted by Crippen LogP contribution is 2.25. The Morgan fingerprint density at radius 3 is 3.24 bits per heavy atom. The zero-order valence-corrected chi connectivity index (χ0v) is 11.1. The molecule has 0 fully saturated rings. The van der Waals surface area contributed by atoms with E-state index in [-0.39, 0.29) is 5.91 Å². The minimum absolute atomic E-state index is 0.0248. The van der Waals surface area contributed by atoms with Crippen LogP contribution in [0.25, 0.3) is 4.96 Å². The average molecular weight is 270 g/mol. The molecule has 2 aromatic heterocycles. The third kappa shape index (κ3) is 2.62. The maximum absolute atomic E-state index is 11.4. The third-order valence-electron chi connectivity index (χ3n) is 2.23. The van der Waals surface area contributed by atoms with Gasteiger partial charge in [0, 0.05) is 24.7 Å². The molecule has 17 heavy (non-hydrogen) atoms. The molecule has 0 saturated carbocycles. The molecule has 0 bridgehead atoms. The Morgan fingerprint density at radius 1 is 1.71 bits per heavy atom. The van der Waals surface area contributed by atoms with Gasteiger partial charge in [0.2, 0.25) is 5.91 Å². The first-order valence-electron chi connectivity index (χ1n) is 5.30. The number of carbonyl (C=O) groups excluding carboxylic acids is 1. The number of rotatable bonds is 5. The van der Waals surface area contributed by atoms with E-state index in [2.05, 4.69) is 10.3 Å². The van der Waals surface area contributed by atoms with Gasteiger partial charge in [-0.15, -0.1) is 11.3 Å². The van der Waals surface area contributed by atoms with Gasteiger partial charge in [0.25, 0.3) is 0 Å². The molecule has 3 N–H and O–H groups in total. The van der Waals surface area contributed by atoms with Gasteiger partial charge in [-0.2, -0.15) is 0 Å². The van der Waals surface area contributed by atoms with E-state index in [9.17, 15) is 4.79 Å². The minimum Gasteiger partial charge on any atom is -0.356 e. The summed E-state index contributed by atoms with van der Waals surface area (Å²) in [7, 11) is 0. The molecular formula is C10H14N4OS2. The summed E-state index contributed by atoms with van der Waals surface area (Å²) in [6.45, 7) is 2.98. The molecule has 0 aromatic carbocycles. The first-order chi connectivity index (χ1) is 8.26. The predicted molar refractivity (Wildman–Crippen MR) is 70.4 cm³/mol. The van der Waals surface area contributed by atoms with Crippen molar-refractivity contribution in [2.24, 2.45) is 5.73 Å². The van der Waals surface area contributed by atoms with Crippen molar-refractivity contribution in [1.82, 2.24) is 14.7 Å². The second-order valence-corrected chi connectivity index (χ2v) is 5.20. The molecule has 0 aliphatic carbocycles. The highest BCUT2D eigenvalue weighted by Gasteiger charge is 2.13. The quantitative estimate of drug-likeness (QED) is 0.798. The largest absolute Gasteiger partial charge is 0.356 e. The lowest BCUT2D eigenvalue weighted by molar-refractivity contribution is -0.118. The second kappa shape index (κ2) is 5.52. The molecule has 0 saturated heterocycles. The molecule has 92 valence electrons. The van der Waals surface area contributed by atoms with Crippen LogP contribution in [-0.2, 0) is 11.3 Å². The molecule has 5 nitrogen and oxygen atoms in total. The van der Waals surface area contributed by atoms with Gasteiger partial charge in [-0.3, -0.25) is 9.20 Å². The van der Waals surface area contributed by atoms with E-state index < -0.39 is 0 Å². The Labute approximate surface area is 107 Å². The van der Waals surface area contributed by atoms with Crippen LogP contribution in [0.15, 0.2) is 16.6 Å². The number of amides is 1. The van der Waals surface area contributed by atoms with Crippen molar-refractivity contribution in [2.45, 2.75) is 18.5 Å². The van der Waals surface area contributed by atoms with Crippen molar-refractivity contribution in [2.75, 3.05) is 12.3 Å². The lowest BCUT2D eigenvalue weighted by Crippen LogP contribution is -2.24. The number of aromatic nitrogens is 2. The summed E-state index contributed by atoms with van der Waals surface area (Å²) < 4.78 is 1.98. The summed E-state index contributed by atoms with van der Waals surface area (Å²) in [5.74, 6) is 0.405. The number of thiazole rings is 1. The van der Waals surface area contributed by atoms with Crippen LogP contribution in [0.3, 0.4) is 0 Å². The lowest BCUT2D eigenvalue weighted by Gasteiger charge is -2.02. The SMILES string of the molecule is CCNC(=O)CSc1nc2sccn2c1CN. The molecule has 0 atom stereocenters. The summed E-state index contributed by atoms with van der Waals surface area (Å²) in [5.41, 5.74) is 6.68. The Bertz CT molecular complexity index is 519. The van der Waals surface area contributed by atoms with Gasteiger partial charge in [-0.05, 0) is 6.92 Å². The Balaban J connectivity index is 2.12. The maximum atomic E-state index is 11.4. The van der Waals surface area contributed by atoms with Gasteiger partial charge in [-0.25, -0.2) is 4.98 Å². The van der Waals surface area contributed by atoms with Gasteiger partial charge < -0.3 is 11.1 Å². The summed E-state index contributed by atoms with van der Waals surface area (Å²) in [5, 5.41) is 5.58. The number of thioether (sulfide) groups is 1. The van der Waals surface area contributed by atoms with Crippen LogP contribution < -0.4 is 11.1 Å². The van der Waals surface area contributed by atoms with Crippen molar-refractivity contribution in [3.63, 3.8) is 0 Å². The molecular weight excluding hydrogens is 256 g/mol. The molecule has 0 radical (unpaired) electrons. The third-order valence-corrected chi connectivity index (χ3v) is 4.00. The van der Waals surface area contributed by atoms with E-state index in [0.29, 0.717) is 18.8 Å². The molecule has 7 heteroatoms. The number of carbonyl (C=O) groups is 1. The summed E-state index contributed by atoms with van der Waals surface area (Å²) in [6.07, 6.45) is 1.95. The van der Waals surface area contributed by atoms with Crippen molar-refractivity contribution in [3.05, 3.63) is 17.3 Å². The number of nitrogens with zero attached hydrogens (tertiary/aromatic N) is 2. The zero-order valence-electron chi connectivity index (χ0n) is 9.47. The summed E-state index contributed by atoms with van der Waals surface area (Å²) >= 11 is 3.00. The fourth-order valence-corrected chi connectivity index (χ4v) is 3.16. The van der Waals surface area contributed by atoms with Crippen LogP contribution in [0.2, 0.25) is 0 Å². The van der Waals surface area contributed by atoms with E-state index in [4.69, 9.17) is 5.73 Å². The highest BCUT2D eigenvalue weighted by molar-refractivity contribution is 8.00. The standard InChI is InChI=1S/C10H14N4OS2/c1-2-12-8(15)6-17-9-7(5-11)14-3-4-16-10(14)13-9/h3-4H,2,5-6,11H2,1H3,(H,12,15). The zero-order chi connectivity index (χ0) is 12.3. The van der Waals surface area contributed by atoms with Crippen molar-refractivity contribution in [3.8, 4) is 0 Å². The molecule has 1 amide bonds. The highest BCUT2D eigenvalue weighted by atomic mass is 32.2. The molecule has 2 aromatic rings. The van der Waals surface area contributed by atoms with Crippen molar-refractivity contribution < 1.29 is 4.79 Å². The maximum Gasteiger partial charge on any atom is 0.230 e. The normalized spacial score (nSPS) is 10.9. The van der Waals surface area contributed by atoms with E-state index in [1.165, 1.54) is 11.8 Å². The molecule has 0 aliphatic rings. The van der Waals surface area contributed by atoms with E-state index in [1.807, 2.05) is 22.9 Å². The number of imidazole rings is 1. The van der Waals surface area contributed by atoms with Crippen LogP contribution in [0.5, 0.6) is 0 Å². The molecule has 2 rings (SSSR count). The minimum atomic E-state index is 0.0248. The molecule has 2 heterocycles. The lowest BCUT2D eigenvalue weighted by atomic mass is 10.5. The average Bonchev–Trinajstić information content (AvgIpc) is 2.86. The number of hydrogen-bond acceptors (Lipinski definition) is 5. The van der Waals surface area contributed by atoms with Crippen LogP contribution in [0, 0.1) is 0 Å². The summed E-state index contributed by atoms with van der Waals surface area (Å²) in [4.78, 5) is 16.8. The van der Waals surface area contributed by atoms with Crippen LogP contribution in [0.1, 0.15) is 12.6 Å². The fraction of sp³-hybridized carbons (Fsp3) is 0.400. The van der Waals surface area contributed by atoms with Crippen LogP contribution in [0.4, 0.5) is 0 Å². The van der Waals surface area contributed by atoms with Crippen LogP contribution in [-0.4, -0.2) is 27.6 Å². The van der Waals surface area contributed by atoms with Crippen LogP contribution >= 0.6 is 23.1 Å².